The van der Waals surface area contributed by atoms with E-state index in [0.29, 0.717) is 0 Å². The van der Waals surface area contributed by atoms with Gasteiger partial charge < -0.3 is 15.2 Å². The molecule has 4 aromatic heterocycles. The average Bonchev–Trinajstić information content (AvgIpc) is 3.72. The molecule has 0 saturated carbocycles. The van der Waals surface area contributed by atoms with E-state index in [0.717, 1.165) is 94.6 Å². The van der Waals surface area contributed by atoms with Crippen molar-refractivity contribution in [3.63, 3.8) is 0 Å². The molecule has 0 spiro atoms. The fourth-order valence-electron chi connectivity index (χ4n) is 6.02. The molecule has 39 heavy (non-hydrogen) atoms. The maximum Gasteiger partial charge on any atom is 0.138 e. The second kappa shape index (κ2) is 10.4. The Morgan fingerprint density at radius 1 is 1.00 bits per heavy atom. The fraction of sp³-hybridized carbons (Fsp3) is 0.323. The van der Waals surface area contributed by atoms with Crippen LogP contribution in [-0.4, -0.2) is 62.8 Å². The molecule has 5 aromatic rings. The number of rotatable bonds is 7. The molecule has 2 aliphatic rings. The number of nitrogens with zero attached hydrogens (tertiary/aromatic N) is 4. The Balaban J connectivity index is 1.22. The molecule has 7 nitrogen and oxygen atoms in total. The first kappa shape index (κ1) is 24.2. The van der Waals surface area contributed by atoms with Gasteiger partial charge in [0, 0.05) is 23.5 Å². The van der Waals surface area contributed by atoms with Crippen LogP contribution in [-0.2, 0) is 6.42 Å². The van der Waals surface area contributed by atoms with Crippen LogP contribution in [0.15, 0.2) is 54.9 Å². The third kappa shape index (κ3) is 4.86. The van der Waals surface area contributed by atoms with Gasteiger partial charge in [0.1, 0.15) is 17.2 Å². The van der Waals surface area contributed by atoms with Crippen LogP contribution in [0.25, 0.3) is 50.0 Å². The molecule has 0 unspecified atom stereocenters. The van der Waals surface area contributed by atoms with Crippen LogP contribution in [0.2, 0.25) is 0 Å². The van der Waals surface area contributed by atoms with E-state index < -0.39 is 0 Å². The van der Waals surface area contributed by atoms with Gasteiger partial charge in [0.2, 0.25) is 0 Å². The summed E-state index contributed by atoms with van der Waals surface area (Å²) >= 11 is 0. The number of pyridine rings is 2. The molecule has 0 radical (unpaired) electrons. The lowest BCUT2D eigenvalue weighted by molar-refractivity contribution is 0.334. The number of likely N-dealkylation sites (tertiary alicyclic amines) is 1. The number of benzene rings is 1. The molecular formula is C31H32FN7. The summed E-state index contributed by atoms with van der Waals surface area (Å²) < 4.78 is 14.8. The van der Waals surface area contributed by atoms with Crippen molar-refractivity contribution in [1.82, 2.24) is 35.4 Å². The van der Waals surface area contributed by atoms with Gasteiger partial charge in [0.15, 0.2) is 0 Å². The minimum atomic E-state index is -0.199. The zero-order valence-corrected chi connectivity index (χ0v) is 21.9. The van der Waals surface area contributed by atoms with Crippen molar-refractivity contribution >= 4 is 27.5 Å². The molecule has 0 bridgehead atoms. The van der Waals surface area contributed by atoms with Gasteiger partial charge in [0.05, 0.1) is 23.1 Å². The third-order valence-electron chi connectivity index (χ3n) is 8.03. The first-order valence-corrected chi connectivity index (χ1v) is 14.0. The van der Waals surface area contributed by atoms with Crippen molar-refractivity contribution < 1.29 is 4.39 Å². The Hall–Kier alpha value is -3.88. The van der Waals surface area contributed by atoms with E-state index in [1.54, 1.807) is 18.3 Å². The first-order chi connectivity index (χ1) is 19.2. The third-order valence-corrected chi connectivity index (χ3v) is 8.03. The molecule has 1 fully saturated rings. The summed E-state index contributed by atoms with van der Waals surface area (Å²) in [4.78, 5) is 15.2. The smallest absolute Gasteiger partial charge is 0.138 e. The van der Waals surface area contributed by atoms with Crippen LogP contribution in [0.1, 0.15) is 36.9 Å². The molecule has 198 valence electrons. The molecule has 1 aromatic carbocycles. The first-order valence-electron chi connectivity index (χ1n) is 14.0. The molecule has 0 amide bonds. The summed E-state index contributed by atoms with van der Waals surface area (Å²) in [7, 11) is 0. The maximum atomic E-state index is 14.8. The standard InChI is InChI=1S/C31H32FN7/c32-23-15-20(4-3-13-39-11-1-2-12-39)14-22(16-23)24-7-10-34-31-25(24)17-28(36-31)30-26-18-27(21-5-8-33-9-6-21)35-19-29(26)37-38-30/h5,7,10,14-19,33H,1-4,6,8-9,11-13H2,(H,34,36)(H,37,38). The van der Waals surface area contributed by atoms with Gasteiger partial charge >= 0.3 is 0 Å². The predicted octanol–water partition coefficient (Wildman–Crippen LogP) is 5.71. The van der Waals surface area contributed by atoms with E-state index in [4.69, 9.17) is 0 Å². The van der Waals surface area contributed by atoms with Gasteiger partial charge in [-0.15, -0.1) is 0 Å². The fourth-order valence-corrected chi connectivity index (χ4v) is 6.02. The second-order valence-corrected chi connectivity index (χ2v) is 10.7. The van der Waals surface area contributed by atoms with Crippen molar-refractivity contribution in [2.24, 2.45) is 0 Å². The van der Waals surface area contributed by atoms with Crippen LogP contribution in [0.4, 0.5) is 4.39 Å². The quantitative estimate of drug-likeness (QED) is 0.255. The lowest BCUT2D eigenvalue weighted by Crippen LogP contribution is -2.20. The van der Waals surface area contributed by atoms with Crippen molar-refractivity contribution in [3.8, 4) is 22.5 Å². The molecule has 0 atom stereocenters. The highest BCUT2D eigenvalue weighted by Gasteiger charge is 2.17. The average molecular weight is 522 g/mol. The molecule has 6 heterocycles. The molecule has 0 aliphatic carbocycles. The molecule has 1 saturated heterocycles. The summed E-state index contributed by atoms with van der Waals surface area (Å²) in [5.74, 6) is -0.199. The number of hydrogen-bond donors (Lipinski definition) is 3. The van der Waals surface area contributed by atoms with Crippen LogP contribution in [0.5, 0.6) is 0 Å². The van der Waals surface area contributed by atoms with E-state index in [-0.39, 0.29) is 5.82 Å². The number of hydrogen-bond acceptors (Lipinski definition) is 5. The second-order valence-electron chi connectivity index (χ2n) is 10.7. The Kier molecular flexibility index (Phi) is 6.42. The number of halogens is 1. The summed E-state index contributed by atoms with van der Waals surface area (Å²) in [5.41, 5.74) is 8.46. The molecule has 8 heteroatoms. The van der Waals surface area contributed by atoms with Gasteiger partial charge in [-0.05, 0) is 111 Å². The van der Waals surface area contributed by atoms with E-state index in [2.05, 4.69) is 59.6 Å². The Morgan fingerprint density at radius 2 is 1.92 bits per heavy atom. The lowest BCUT2D eigenvalue weighted by Gasteiger charge is -2.14. The van der Waals surface area contributed by atoms with Crippen LogP contribution >= 0.6 is 0 Å². The summed E-state index contributed by atoms with van der Waals surface area (Å²) in [6.45, 7) is 5.29. The van der Waals surface area contributed by atoms with Crippen molar-refractivity contribution in [2.45, 2.75) is 32.1 Å². The zero-order valence-electron chi connectivity index (χ0n) is 21.9. The van der Waals surface area contributed by atoms with Crippen molar-refractivity contribution in [2.75, 3.05) is 32.7 Å². The monoisotopic (exact) mass is 521 g/mol. The number of aromatic amines is 2. The Bertz CT molecular complexity index is 1680. The highest BCUT2D eigenvalue weighted by molar-refractivity contribution is 6.00. The summed E-state index contributed by atoms with van der Waals surface area (Å²) in [6.07, 6.45) is 11.3. The van der Waals surface area contributed by atoms with E-state index in [1.807, 2.05) is 12.3 Å². The minimum Gasteiger partial charge on any atom is -0.338 e. The molecular weight excluding hydrogens is 489 g/mol. The summed E-state index contributed by atoms with van der Waals surface area (Å²) in [5, 5.41) is 13.1. The number of aryl methyl sites for hydroxylation is 1. The van der Waals surface area contributed by atoms with Gasteiger partial charge in [-0.1, -0.05) is 12.1 Å². The number of H-pyrrole nitrogens is 2. The van der Waals surface area contributed by atoms with Gasteiger partial charge in [-0.2, -0.15) is 5.10 Å². The topological polar surface area (TPSA) is 85.5 Å². The van der Waals surface area contributed by atoms with Crippen LogP contribution in [0.3, 0.4) is 0 Å². The largest absolute Gasteiger partial charge is 0.338 e. The van der Waals surface area contributed by atoms with Crippen LogP contribution < -0.4 is 5.32 Å². The van der Waals surface area contributed by atoms with Gasteiger partial charge in [-0.3, -0.25) is 10.1 Å². The van der Waals surface area contributed by atoms with Crippen molar-refractivity contribution in [1.29, 1.82) is 0 Å². The Morgan fingerprint density at radius 3 is 2.79 bits per heavy atom. The maximum absolute atomic E-state index is 14.8. The number of fused-ring (bicyclic) bond motifs is 2. The van der Waals surface area contributed by atoms with E-state index in [1.165, 1.54) is 31.5 Å². The van der Waals surface area contributed by atoms with E-state index >= 15 is 0 Å². The highest BCUT2D eigenvalue weighted by Crippen LogP contribution is 2.34. The Labute approximate surface area is 226 Å². The number of aromatic nitrogens is 5. The van der Waals surface area contributed by atoms with Crippen LogP contribution in [0, 0.1) is 5.82 Å². The molecule has 3 N–H and O–H groups in total. The van der Waals surface area contributed by atoms with Gasteiger partial charge in [-0.25, -0.2) is 9.37 Å². The zero-order chi connectivity index (χ0) is 26.2. The number of nitrogens with one attached hydrogen (secondary N) is 3. The summed E-state index contributed by atoms with van der Waals surface area (Å²) in [6, 6.07) is 11.6. The normalized spacial score (nSPS) is 16.4. The van der Waals surface area contributed by atoms with E-state index in [9.17, 15) is 4.39 Å². The van der Waals surface area contributed by atoms with Gasteiger partial charge in [0.25, 0.3) is 0 Å². The molecule has 2 aliphatic heterocycles. The van der Waals surface area contributed by atoms with Crippen molar-refractivity contribution in [3.05, 3.63) is 71.9 Å². The molecule has 7 rings (SSSR count). The highest BCUT2D eigenvalue weighted by atomic mass is 19.1. The SMILES string of the molecule is Fc1cc(CCCN2CCCC2)cc(-c2ccnc3[nH]c(-c4n[nH]c5cnc(C6=CCNCC6)cc45)cc23)c1. The minimum absolute atomic E-state index is 0.199. The predicted molar refractivity (Wildman–Crippen MR) is 154 cm³/mol. The lowest BCUT2D eigenvalue weighted by atomic mass is 9.99.